The number of nitriles is 1. The van der Waals surface area contributed by atoms with Crippen molar-refractivity contribution in [1.82, 2.24) is 4.90 Å². The lowest BCUT2D eigenvalue weighted by Crippen LogP contribution is -2.38. The molecule has 3 nitrogen and oxygen atoms in total. The summed E-state index contributed by atoms with van der Waals surface area (Å²) in [7, 11) is 2.16. The molecule has 0 aromatic heterocycles. The van der Waals surface area contributed by atoms with E-state index in [2.05, 4.69) is 51.8 Å². The first kappa shape index (κ1) is 13.4. The van der Waals surface area contributed by atoms with Gasteiger partial charge in [0.2, 0.25) is 0 Å². The van der Waals surface area contributed by atoms with Gasteiger partial charge in [-0.25, -0.2) is 0 Å². The van der Waals surface area contributed by atoms with Crippen molar-refractivity contribution in [3.63, 3.8) is 0 Å². The van der Waals surface area contributed by atoms with Gasteiger partial charge in [0.15, 0.2) is 0 Å². The van der Waals surface area contributed by atoms with E-state index >= 15 is 0 Å². The molecule has 1 heterocycles. The minimum atomic E-state index is 0.430. The summed E-state index contributed by atoms with van der Waals surface area (Å²) in [5, 5.41) is 9.25. The Kier molecular flexibility index (Phi) is 4.26. The summed E-state index contributed by atoms with van der Waals surface area (Å²) in [4.78, 5) is 4.71. The van der Waals surface area contributed by atoms with Crippen molar-refractivity contribution < 1.29 is 0 Å². The molecule has 1 saturated heterocycles. The SMILES string of the molecule is CC1CN(C)CCCN1c1cc(Br)ccc1C#N. The van der Waals surface area contributed by atoms with Gasteiger partial charge in [-0.2, -0.15) is 5.26 Å². The monoisotopic (exact) mass is 307 g/mol. The van der Waals surface area contributed by atoms with E-state index < -0.39 is 0 Å². The number of benzene rings is 1. The molecule has 0 amide bonds. The van der Waals surface area contributed by atoms with Gasteiger partial charge in [-0.05, 0) is 45.1 Å². The molecule has 0 spiro atoms. The van der Waals surface area contributed by atoms with Crippen LogP contribution >= 0.6 is 15.9 Å². The van der Waals surface area contributed by atoms with Crippen molar-refractivity contribution >= 4 is 21.6 Å². The zero-order valence-electron chi connectivity index (χ0n) is 10.9. The highest BCUT2D eigenvalue weighted by Crippen LogP contribution is 2.27. The standard InChI is InChI=1S/C14H18BrN3/c1-11-10-17(2)6-3-7-18(11)14-8-13(15)5-4-12(14)9-16/h4-5,8,11H,3,6-7,10H2,1-2H3. The molecule has 96 valence electrons. The zero-order valence-corrected chi connectivity index (χ0v) is 12.4. The van der Waals surface area contributed by atoms with Gasteiger partial charge in [-0.1, -0.05) is 15.9 Å². The van der Waals surface area contributed by atoms with Crippen molar-refractivity contribution in [2.75, 3.05) is 31.6 Å². The number of nitrogens with zero attached hydrogens (tertiary/aromatic N) is 3. The normalized spacial score (nSPS) is 21.4. The molecule has 1 aromatic carbocycles. The third kappa shape index (κ3) is 2.85. The van der Waals surface area contributed by atoms with Crippen LogP contribution in [0.3, 0.4) is 0 Å². The Morgan fingerprint density at radius 2 is 2.17 bits per heavy atom. The van der Waals surface area contributed by atoms with Crippen LogP contribution < -0.4 is 4.90 Å². The first-order chi connectivity index (χ1) is 8.61. The molecule has 0 N–H and O–H groups in total. The van der Waals surface area contributed by atoms with Crippen molar-refractivity contribution in [2.45, 2.75) is 19.4 Å². The zero-order chi connectivity index (χ0) is 13.1. The Morgan fingerprint density at radius 3 is 2.89 bits per heavy atom. The summed E-state index contributed by atoms with van der Waals surface area (Å²) in [6, 6.07) is 8.60. The Bertz CT molecular complexity index is 467. The second-order valence-corrected chi connectivity index (χ2v) is 5.85. The number of halogens is 1. The van der Waals surface area contributed by atoms with E-state index in [1.807, 2.05) is 12.1 Å². The van der Waals surface area contributed by atoms with Crippen molar-refractivity contribution in [3.05, 3.63) is 28.2 Å². The minimum absolute atomic E-state index is 0.430. The highest BCUT2D eigenvalue weighted by atomic mass is 79.9. The predicted octanol–water partition coefficient (Wildman–Crippen LogP) is 2.85. The second-order valence-electron chi connectivity index (χ2n) is 4.93. The maximum atomic E-state index is 9.25. The fraction of sp³-hybridized carbons (Fsp3) is 0.500. The molecule has 1 aromatic rings. The van der Waals surface area contributed by atoms with Crippen LogP contribution in [0.2, 0.25) is 0 Å². The van der Waals surface area contributed by atoms with Gasteiger partial charge in [0.1, 0.15) is 6.07 Å². The van der Waals surface area contributed by atoms with E-state index in [0.29, 0.717) is 6.04 Å². The largest absolute Gasteiger partial charge is 0.366 e. The number of likely N-dealkylation sites (N-methyl/N-ethyl adjacent to an activating group) is 1. The fourth-order valence-corrected chi connectivity index (χ4v) is 2.92. The van der Waals surface area contributed by atoms with Crippen LogP contribution in [-0.4, -0.2) is 37.6 Å². The van der Waals surface area contributed by atoms with Crippen LogP contribution in [0.5, 0.6) is 0 Å². The van der Waals surface area contributed by atoms with E-state index in [9.17, 15) is 5.26 Å². The third-order valence-corrected chi connectivity index (χ3v) is 3.93. The Hall–Kier alpha value is -1.05. The summed E-state index contributed by atoms with van der Waals surface area (Å²) < 4.78 is 1.03. The lowest BCUT2D eigenvalue weighted by molar-refractivity contribution is 0.337. The first-order valence-electron chi connectivity index (χ1n) is 6.26. The van der Waals surface area contributed by atoms with E-state index in [1.54, 1.807) is 0 Å². The predicted molar refractivity (Wildman–Crippen MR) is 77.8 cm³/mol. The fourth-order valence-electron chi connectivity index (χ4n) is 2.57. The van der Waals surface area contributed by atoms with Crippen molar-refractivity contribution in [3.8, 4) is 6.07 Å². The summed E-state index contributed by atoms with van der Waals surface area (Å²) in [5.74, 6) is 0. The summed E-state index contributed by atoms with van der Waals surface area (Å²) in [6.45, 7) is 5.40. The van der Waals surface area contributed by atoms with E-state index in [0.717, 1.165) is 41.8 Å². The molecule has 0 bridgehead atoms. The second kappa shape index (κ2) is 5.73. The summed E-state index contributed by atoms with van der Waals surface area (Å²) in [6.07, 6.45) is 1.14. The number of rotatable bonds is 1. The van der Waals surface area contributed by atoms with Crippen molar-refractivity contribution in [1.29, 1.82) is 5.26 Å². The van der Waals surface area contributed by atoms with Crippen LogP contribution in [0.1, 0.15) is 18.9 Å². The molecule has 4 heteroatoms. The van der Waals surface area contributed by atoms with Gasteiger partial charge in [0.05, 0.1) is 11.3 Å². The van der Waals surface area contributed by atoms with Crippen LogP contribution in [0.25, 0.3) is 0 Å². The van der Waals surface area contributed by atoms with Crippen LogP contribution in [-0.2, 0) is 0 Å². The first-order valence-corrected chi connectivity index (χ1v) is 7.06. The molecule has 1 unspecified atom stereocenters. The highest BCUT2D eigenvalue weighted by molar-refractivity contribution is 9.10. The smallest absolute Gasteiger partial charge is 0.101 e. The lowest BCUT2D eigenvalue weighted by Gasteiger charge is -2.31. The molecule has 1 fully saturated rings. The van der Waals surface area contributed by atoms with Gasteiger partial charge in [0.25, 0.3) is 0 Å². The quantitative estimate of drug-likeness (QED) is 0.799. The van der Waals surface area contributed by atoms with E-state index in [-0.39, 0.29) is 0 Å². The number of hydrogen-bond donors (Lipinski definition) is 0. The Labute approximate surface area is 117 Å². The number of hydrogen-bond acceptors (Lipinski definition) is 3. The van der Waals surface area contributed by atoms with Gasteiger partial charge in [-0.3, -0.25) is 0 Å². The summed E-state index contributed by atoms with van der Waals surface area (Å²) in [5.41, 5.74) is 1.81. The molecule has 1 atom stereocenters. The molecular weight excluding hydrogens is 290 g/mol. The Morgan fingerprint density at radius 1 is 1.39 bits per heavy atom. The Balaban J connectivity index is 2.35. The van der Waals surface area contributed by atoms with Gasteiger partial charge < -0.3 is 9.80 Å². The third-order valence-electron chi connectivity index (χ3n) is 3.44. The molecule has 0 aliphatic carbocycles. The maximum Gasteiger partial charge on any atom is 0.101 e. The van der Waals surface area contributed by atoms with Crippen LogP contribution in [0.15, 0.2) is 22.7 Å². The topological polar surface area (TPSA) is 30.3 Å². The maximum absolute atomic E-state index is 9.25. The van der Waals surface area contributed by atoms with Crippen LogP contribution in [0, 0.1) is 11.3 Å². The molecule has 1 aliphatic rings. The van der Waals surface area contributed by atoms with Crippen LogP contribution in [0.4, 0.5) is 5.69 Å². The van der Waals surface area contributed by atoms with Crippen molar-refractivity contribution in [2.24, 2.45) is 0 Å². The molecule has 0 saturated carbocycles. The van der Waals surface area contributed by atoms with Gasteiger partial charge in [0, 0.05) is 23.6 Å². The molecule has 1 aliphatic heterocycles. The van der Waals surface area contributed by atoms with E-state index in [1.165, 1.54) is 0 Å². The average molecular weight is 308 g/mol. The molecule has 2 rings (SSSR count). The lowest BCUT2D eigenvalue weighted by atomic mass is 10.1. The molecule has 0 radical (unpaired) electrons. The minimum Gasteiger partial charge on any atom is -0.366 e. The molecule has 18 heavy (non-hydrogen) atoms. The highest BCUT2D eigenvalue weighted by Gasteiger charge is 2.22. The van der Waals surface area contributed by atoms with E-state index in [4.69, 9.17) is 0 Å². The van der Waals surface area contributed by atoms with Gasteiger partial charge in [-0.15, -0.1) is 0 Å². The number of anilines is 1. The summed E-state index contributed by atoms with van der Waals surface area (Å²) >= 11 is 3.50. The average Bonchev–Trinajstić information content (AvgIpc) is 2.50. The molecular formula is C14H18BrN3. The van der Waals surface area contributed by atoms with Gasteiger partial charge >= 0.3 is 0 Å².